The highest BCUT2D eigenvalue weighted by Gasteiger charge is 2.10. The number of nitrogens with two attached hydrogens (primary N) is 1. The minimum Gasteiger partial charge on any atom is -0.383 e. The van der Waals surface area contributed by atoms with Gasteiger partial charge in [0.2, 0.25) is 0 Å². The summed E-state index contributed by atoms with van der Waals surface area (Å²) in [6, 6.07) is 8.27. The average Bonchev–Trinajstić information content (AvgIpc) is 2.60. The SMILES string of the molecule is CC(C)(N)CCNc1c[nH]c2ccccc12. The average molecular weight is 217 g/mol. The number of fused-ring (bicyclic) bond motifs is 1. The van der Waals surface area contributed by atoms with Crippen molar-refractivity contribution in [2.75, 3.05) is 11.9 Å². The van der Waals surface area contributed by atoms with Gasteiger partial charge in [-0.15, -0.1) is 0 Å². The zero-order chi connectivity index (χ0) is 11.6. The first kappa shape index (κ1) is 11.0. The molecule has 0 bridgehead atoms. The Labute approximate surface area is 96.0 Å². The molecule has 4 N–H and O–H groups in total. The predicted molar refractivity (Wildman–Crippen MR) is 69.7 cm³/mol. The number of aromatic nitrogens is 1. The maximum absolute atomic E-state index is 5.94. The van der Waals surface area contributed by atoms with Crippen LogP contribution in [0, 0.1) is 0 Å². The molecule has 0 aliphatic heterocycles. The normalized spacial score (nSPS) is 11.9. The Morgan fingerprint density at radius 3 is 2.81 bits per heavy atom. The summed E-state index contributed by atoms with van der Waals surface area (Å²) in [5.41, 5.74) is 8.14. The van der Waals surface area contributed by atoms with Crippen LogP contribution in [0.15, 0.2) is 30.5 Å². The molecule has 0 spiro atoms. The first-order valence-corrected chi connectivity index (χ1v) is 5.65. The van der Waals surface area contributed by atoms with Crippen molar-refractivity contribution in [3.05, 3.63) is 30.5 Å². The van der Waals surface area contributed by atoms with Gasteiger partial charge in [0.25, 0.3) is 0 Å². The first-order chi connectivity index (χ1) is 7.56. The summed E-state index contributed by atoms with van der Waals surface area (Å²) in [4.78, 5) is 3.24. The van der Waals surface area contributed by atoms with Gasteiger partial charge in [-0.2, -0.15) is 0 Å². The third kappa shape index (κ3) is 2.55. The quantitative estimate of drug-likeness (QED) is 0.737. The molecule has 16 heavy (non-hydrogen) atoms. The lowest BCUT2D eigenvalue weighted by Gasteiger charge is -2.18. The smallest absolute Gasteiger partial charge is 0.0597 e. The van der Waals surface area contributed by atoms with Crippen LogP contribution >= 0.6 is 0 Å². The van der Waals surface area contributed by atoms with E-state index in [-0.39, 0.29) is 5.54 Å². The van der Waals surface area contributed by atoms with Gasteiger partial charge < -0.3 is 16.0 Å². The number of aromatic amines is 1. The van der Waals surface area contributed by atoms with Crippen LogP contribution in [0.2, 0.25) is 0 Å². The Bertz CT molecular complexity index is 465. The van der Waals surface area contributed by atoms with Crippen molar-refractivity contribution >= 4 is 16.6 Å². The van der Waals surface area contributed by atoms with E-state index >= 15 is 0 Å². The van der Waals surface area contributed by atoms with E-state index in [1.54, 1.807) is 0 Å². The van der Waals surface area contributed by atoms with Crippen LogP contribution in [-0.4, -0.2) is 17.1 Å². The number of hydrogen-bond donors (Lipinski definition) is 3. The van der Waals surface area contributed by atoms with Crippen LogP contribution in [0.5, 0.6) is 0 Å². The summed E-state index contributed by atoms with van der Waals surface area (Å²) < 4.78 is 0. The third-order valence-electron chi connectivity index (χ3n) is 2.67. The number of nitrogens with one attached hydrogen (secondary N) is 2. The van der Waals surface area contributed by atoms with Gasteiger partial charge in [0.15, 0.2) is 0 Å². The molecule has 0 radical (unpaired) electrons. The molecule has 3 nitrogen and oxygen atoms in total. The van der Waals surface area contributed by atoms with Gasteiger partial charge >= 0.3 is 0 Å². The van der Waals surface area contributed by atoms with Gasteiger partial charge in [-0.1, -0.05) is 18.2 Å². The number of benzene rings is 1. The second-order valence-corrected chi connectivity index (χ2v) is 4.91. The molecule has 86 valence electrons. The highest BCUT2D eigenvalue weighted by Crippen LogP contribution is 2.22. The van der Waals surface area contributed by atoms with Crippen LogP contribution in [-0.2, 0) is 0 Å². The second-order valence-electron chi connectivity index (χ2n) is 4.91. The van der Waals surface area contributed by atoms with Crippen LogP contribution < -0.4 is 11.1 Å². The Hall–Kier alpha value is -1.48. The molecule has 2 aromatic rings. The lowest BCUT2D eigenvalue weighted by Crippen LogP contribution is -2.34. The van der Waals surface area contributed by atoms with Crippen molar-refractivity contribution in [1.29, 1.82) is 0 Å². The van der Waals surface area contributed by atoms with E-state index in [4.69, 9.17) is 5.73 Å². The minimum absolute atomic E-state index is 0.112. The standard InChI is InChI=1S/C13H19N3/c1-13(2,14)7-8-15-12-9-16-11-6-4-3-5-10(11)12/h3-6,9,15-16H,7-8,14H2,1-2H3. The Kier molecular flexibility index (Phi) is 2.88. The van der Waals surface area contributed by atoms with Crippen molar-refractivity contribution in [1.82, 2.24) is 4.98 Å². The molecule has 1 aromatic carbocycles. The molecule has 0 aliphatic rings. The van der Waals surface area contributed by atoms with Crippen LogP contribution in [0.3, 0.4) is 0 Å². The van der Waals surface area contributed by atoms with Gasteiger partial charge in [0.1, 0.15) is 0 Å². The molecular weight excluding hydrogens is 198 g/mol. The predicted octanol–water partition coefficient (Wildman–Crippen LogP) is 2.71. The maximum Gasteiger partial charge on any atom is 0.0597 e. The molecule has 1 aromatic heterocycles. The van der Waals surface area contributed by atoms with Crippen molar-refractivity contribution in [2.45, 2.75) is 25.8 Å². The lowest BCUT2D eigenvalue weighted by molar-refractivity contribution is 0.491. The molecule has 0 atom stereocenters. The lowest BCUT2D eigenvalue weighted by atomic mass is 10.0. The highest BCUT2D eigenvalue weighted by molar-refractivity contribution is 5.92. The molecule has 0 aliphatic carbocycles. The third-order valence-corrected chi connectivity index (χ3v) is 2.67. The number of anilines is 1. The molecular formula is C13H19N3. The molecule has 0 amide bonds. The molecule has 3 heteroatoms. The van der Waals surface area contributed by atoms with Gasteiger partial charge in [-0.3, -0.25) is 0 Å². The monoisotopic (exact) mass is 217 g/mol. The van der Waals surface area contributed by atoms with Crippen molar-refractivity contribution < 1.29 is 0 Å². The van der Waals surface area contributed by atoms with Gasteiger partial charge in [-0.25, -0.2) is 0 Å². The Morgan fingerprint density at radius 1 is 1.31 bits per heavy atom. The fourth-order valence-electron chi connectivity index (χ4n) is 1.74. The van der Waals surface area contributed by atoms with E-state index in [0.29, 0.717) is 0 Å². The molecule has 0 fully saturated rings. The van der Waals surface area contributed by atoms with Crippen LogP contribution in [0.25, 0.3) is 10.9 Å². The van der Waals surface area contributed by atoms with E-state index in [2.05, 4.69) is 22.4 Å². The molecule has 0 saturated carbocycles. The van der Waals surface area contributed by atoms with E-state index in [0.717, 1.165) is 24.2 Å². The summed E-state index contributed by atoms with van der Waals surface area (Å²) in [7, 11) is 0. The van der Waals surface area contributed by atoms with Crippen molar-refractivity contribution in [3.8, 4) is 0 Å². The summed E-state index contributed by atoms with van der Waals surface area (Å²) in [5.74, 6) is 0. The number of H-pyrrole nitrogens is 1. The second kappa shape index (κ2) is 4.18. The zero-order valence-electron chi connectivity index (χ0n) is 9.88. The molecule has 1 heterocycles. The van der Waals surface area contributed by atoms with Crippen LogP contribution in [0.4, 0.5) is 5.69 Å². The van der Waals surface area contributed by atoms with Crippen LogP contribution in [0.1, 0.15) is 20.3 Å². The summed E-state index contributed by atoms with van der Waals surface area (Å²) in [6.07, 6.45) is 2.96. The topological polar surface area (TPSA) is 53.8 Å². The number of rotatable bonds is 4. The van der Waals surface area contributed by atoms with Crippen molar-refractivity contribution in [2.24, 2.45) is 5.73 Å². The van der Waals surface area contributed by atoms with E-state index in [1.807, 2.05) is 32.2 Å². The van der Waals surface area contributed by atoms with Gasteiger partial charge in [0, 0.05) is 29.2 Å². The number of para-hydroxylation sites is 1. The fraction of sp³-hybridized carbons (Fsp3) is 0.385. The fourth-order valence-corrected chi connectivity index (χ4v) is 1.74. The van der Waals surface area contributed by atoms with E-state index in [1.165, 1.54) is 5.39 Å². The highest BCUT2D eigenvalue weighted by atomic mass is 14.9. The molecule has 0 saturated heterocycles. The van der Waals surface area contributed by atoms with Gasteiger partial charge in [0.05, 0.1) is 5.69 Å². The first-order valence-electron chi connectivity index (χ1n) is 5.65. The van der Waals surface area contributed by atoms with E-state index in [9.17, 15) is 0 Å². The largest absolute Gasteiger partial charge is 0.383 e. The minimum atomic E-state index is -0.112. The summed E-state index contributed by atoms with van der Waals surface area (Å²) >= 11 is 0. The van der Waals surface area contributed by atoms with Gasteiger partial charge in [-0.05, 0) is 26.3 Å². The van der Waals surface area contributed by atoms with E-state index < -0.39 is 0 Å². The summed E-state index contributed by atoms with van der Waals surface area (Å²) in [5, 5.41) is 4.65. The maximum atomic E-state index is 5.94. The Balaban J connectivity index is 2.05. The molecule has 2 rings (SSSR count). The number of hydrogen-bond acceptors (Lipinski definition) is 2. The van der Waals surface area contributed by atoms with Crippen molar-refractivity contribution in [3.63, 3.8) is 0 Å². The molecule has 0 unspecified atom stereocenters. The Morgan fingerprint density at radius 2 is 2.06 bits per heavy atom. The zero-order valence-corrected chi connectivity index (χ0v) is 9.88. The summed E-state index contributed by atoms with van der Waals surface area (Å²) in [6.45, 7) is 4.99.